The first-order valence-electron chi connectivity index (χ1n) is 36.2. The van der Waals surface area contributed by atoms with Crippen molar-refractivity contribution in [2.75, 3.05) is 236 Å². The van der Waals surface area contributed by atoms with Gasteiger partial charge in [0.25, 0.3) is 0 Å². The standard InChI is InChI=1S/C21H39N3O8.2C17H33N3O3.C16H33N2O5.CH4.4HI/c1-5-24(3,13-15-31-20(27)9-7-10-22-18(2)25)12-14-30-16-17-32-21(28)23-11-6-8-19(26)29-4;2*1-6-12-19(17(23)10-14-20(3,4)5)13-9-16(22)8-7-11-18-15(2)21;1-6-9-17(15(19)8-7-11-18(2,3)4)10-12-22-16(20)23-14-13-21-5;;;;;/h5-17H2,1-4H3,(H-,22,23,25,28);3*6-14H2,1-5H3;1H4;4*1H/q;;;+1;;;;;/p-1. The molecule has 0 aliphatic heterocycles. The normalized spacial score (nSPS) is 11.0. The third-order valence-corrected chi connectivity index (χ3v) is 15.1. The fourth-order valence-electron chi connectivity index (χ4n) is 8.83. The number of halogens is 4. The zero-order valence-electron chi connectivity index (χ0n) is 67.7. The zero-order valence-corrected chi connectivity index (χ0v) is 76.3. The van der Waals surface area contributed by atoms with Crippen molar-refractivity contribution in [3.05, 3.63) is 0 Å². The molecule has 0 bridgehead atoms. The minimum absolute atomic E-state index is 0. The van der Waals surface area contributed by atoms with Crippen LogP contribution in [-0.2, 0) is 81.1 Å². The number of hydrogen-bond acceptors (Lipinski definition) is 19. The second kappa shape index (κ2) is 75.4. The summed E-state index contributed by atoms with van der Waals surface area (Å²) >= 11 is 0. The molecule has 0 aromatic heterocycles. The van der Waals surface area contributed by atoms with Crippen LogP contribution >= 0.6 is 0 Å². The minimum Gasteiger partial charge on any atom is -1.00 e. The Morgan fingerprint density at radius 1 is 0.349 bits per heavy atom. The maximum absolute atomic E-state index is 12.3. The van der Waals surface area contributed by atoms with Gasteiger partial charge in [-0.3, -0.25) is 47.9 Å². The smallest absolute Gasteiger partial charge is 0.508 e. The largest absolute Gasteiger partial charge is 1.00 e. The molecular formula is C72H145I4N11O19. The van der Waals surface area contributed by atoms with E-state index in [9.17, 15) is 57.5 Å². The van der Waals surface area contributed by atoms with Gasteiger partial charge in [-0.05, 0) is 51.9 Å². The van der Waals surface area contributed by atoms with E-state index in [0.29, 0.717) is 167 Å². The molecule has 0 saturated heterocycles. The number of quaternary nitrogens is 4. The number of hydrogen-bond donors (Lipinski definition) is 4. The summed E-state index contributed by atoms with van der Waals surface area (Å²) < 4.78 is 37.9. The van der Waals surface area contributed by atoms with Gasteiger partial charge in [-0.15, -0.1) is 0 Å². The van der Waals surface area contributed by atoms with Gasteiger partial charge in [0.1, 0.15) is 51.1 Å². The maximum atomic E-state index is 12.3. The predicted molar refractivity (Wildman–Crippen MR) is 396 cm³/mol. The number of alkyl carbamates (subject to hydrolysis) is 1. The first-order valence-corrected chi connectivity index (χ1v) is 36.2. The lowest BCUT2D eigenvalue weighted by Crippen LogP contribution is -3.00. The molecule has 630 valence electrons. The monoisotopic (exact) mass is 1980 g/mol. The van der Waals surface area contributed by atoms with Crippen LogP contribution in [0.1, 0.15) is 165 Å². The second-order valence-electron chi connectivity index (χ2n) is 28.0. The molecule has 1 unspecified atom stereocenters. The number of ketones is 2. The Labute approximate surface area is 706 Å². The van der Waals surface area contributed by atoms with Crippen molar-refractivity contribution in [2.24, 2.45) is 0 Å². The van der Waals surface area contributed by atoms with E-state index in [1.54, 1.807) is 14.7 Å². The fourth-order valence-corrected chi connectivity index (χ4v) is 8.83. The van der Waals surface area contributed by atoms with Crippen LogP contribution < -0.4 is 117 Å². The Balaban J connectivity index is -0.000000168. The van der Waals surface area contributed by atoms with Crippen LogP contribution in [0.4, 0.5) is 9.59 Å². The van der Waals surface area contributed by atoms with E-state index in [0.717, 1.165) is 71.9 Å². The Morgan fingerprint density at radius 3 is 1.12 bits per heavy atom. The van der Waals surface area contributed by atoms with Crippen LogP contribution in [0.15, 0.2) is 0 Å². The highest BCUT2D eigenvalue weighted by Crippen LogP contribution is 2.09. The Hall–Kier alpha value is -3.68. The third-order valence-electron chi connectivity index (χ3n) is 15.1. The summed E-state index contributed by atoms with van der Waals surface area (Å²) in [5.74, 6) is -0.180. The number of nitrogens with zero attached hydrogens (tertiary/aromatic N) is 7. The number of nitrogens with one attached hydrogen (secondary N) is 4. The van der Waals surface area contributed by atoms with Crippen molar-refractivity contribution in [2.45, 2.75) is 165 Å². The molecule has 106 heavy (non-hydrogen) atoms. The minimum atomic E-state index is -0.726. The molecule has 0 aliphatic rings. The van der Waals surface area contributed by atoms with E-state index < -0.39 is 12.2 Å². The first-order chi connectivity index (χ1) is 47.3. The number of esters is 2. The van der Waals surface area contributed by atoms with Gasteiger partial charge < -0.3 is 183 Å². The van der Waals surface area contributed by atoms with Crippen LogP contribution in [0.2, 0.25) is 0 Å². The molecule has 4 N–H and O–H groups in total. The lowest BCUT2D eigenvalue weighted by molar-refractivity contribution is -0.908. The lowest BCUT2D eigenvalue weighted by Gasteiger charge is -2.33. The lowest BCUT2D eigenvalue weighted by atomic mass is 10.1. The summed E-state index contributed by atoms with van der Waals surface area (Å²) in [6, 6.07) is 0. The van der Waals surface area contributed by atoms with Crippen molar-refractivity contribution in [1.29, 1.82) is 0 Å². The number of rotatable bonds is 54. The SMILES string of the molecule is C.CCCN(CCC(=O)CCCNC(C)=O)C(=O)CC[N+](C)(C)C.CCCN(CCC(=O)CCCNC(C)=O)C(=O)CC[N+](C)(C)C.CCCN(CCOC(=O)OCCOC)C(=O)CCC[N+](C)(C)C.CC[N+](C)(CCOCCOC(=O)NCCCC(=O)OC)CCOC(=O)CCCNC(C)=O.[I-].[I-].[I-].[I-]. The molecule has 0 aliphatic carbocycles. The Kier molecular flexibility index (Phi) is 85.8. The second-order valence-corrected chi connectivity index (χ2v) is 28.0. The highest BCUT2D eigenvalue weighted by atomic mass is 127. The summed E-state index contributed by atoms with van der Waals surface area (Å²) in [5, 5.41) is 10.5. The summed E-state index contributed by atoms with van der Waals surface area (Å²) in [5.41, 5.74) is 0. The van der Waals surface area contributed by atoms with Crippen LogP contribution in [0.5, 0.6) is 0 Å². The van der Waals surface area contributed by atoms with E-state index in [-0.39, 0.29) is 202 Å². The van der Waals surface area contributed by atoms with Crippen molar-refractivity contribution >= 4 is 71.2 Å². The van der Waals surface area contributed by atoms with Gasteiger partial charge in [-0.2, -0.15) is 0 Å². The molecule has 34 heteroatoms. The first kappa shape index (κ1) is 121. The number of amides is 7. The molecule has 0 radical (unpaired) electrons. The molecule has 0 saturated carbocycles. The van der Waals surface area contributed by atoms with Crippen LogP contribution in [-0.4, -0.2) is 339 Å². The van der Waals surface area contributed by atoms with E-state index in [4.69, 9.17) is 28.4 Å². The molecule has 0 aromatic rings. The zero-order chi connectivity index (χ0) is 77.7. The molecule has 0 spiro atoms. The fraction of sp³-hybridized carbons (Fsp3) is 0.833. The van der Waals surface area contributed by atoms with E-state index >= 15 is 0 Å². The van der Waals surface area contributed by atoms with Gasteiger partial charge in [0.05, 0.1) is 143 Å². The summed E-state index contributed by atoms with van der Waals surface area (Å²) in [4.78, 5) is 144. The van der Waals surface area contributed by atoms with Gasteiger partial charge in [-0.25, -0.2) is 9.59 Å². The molecule has 0 fully saturated rings. The summed E-state index contributed by atoms with van der Waals surface area (Å²) in [6.45, 7) is 24.5. The molecule has 30 nitrogen and oxygen atoms in total. The average Bonchev–Trinajstić information content (AvgIpc) is 0.932. The topological polar surface area (TPSA) is 327 Å². The van der Waals surface area contributed by atoms with E-state index in [2.05, 4.69) is 103 Å². The highest BCUT2D eigenvalue weighted by molar-refractivity contribution is 5.82. The molecule has 0 heterocycles. The maximum Gasteiger partial charge on any atom is 0.508 e. The average molecular weight is 1980 g/mol. The molecular weight excluding hydrogens is 1830 g/mol. The molecule has 0 aromatic carbocycles. The van der Waals surface area contributed by atoms with E-state index in [1.807, 2.05) is 20.8 Å². The molecule has 0 rings (SSSR count). The van der Waals surface area contributed by atoms with Gasteiger partial charge in [0.2, 0.25) is 35.4 Å². The summed E-state index contributed by atoms with van der Waals surface area (Å²) in [6.07, 6.45) is 8.36. The third kappa shape index (κ3) is 85.9. The Bertz CT molecular complexity index is 2260. The number of methoxy groups -OCH3 is 2. The highest BCUT2D eigenvalue weighted by Gasteiger charge is 2.23. The predicted octanol–water partition coefficient (Wildman–Crippen LogP) is -6.83. The molecule has 1 atom stereocenters. The van der Waals surface area contributed by atoms with Gasteiger partial charge >= 0.3 is 24.2 Å². The number of likely N-dealkylation sites (N-methyl/N-ethyl adjacent to an activating group) is 1. The van der Waals surface area contributed by atoms with Crippen molar-refractivity contribution in [3.8, 4) is 0 Å². The van der Waals surface area contributed by atoms with Crippen LogP contribution in [0.25, 0.3) is 0 Å². The van der Waals surface area contributed by atoms with Crippen molar-refractivity contribution in [3.63, 3.8) is 0 Å². The molecule has 7 amide bonds. The number of Topliss-reactive ketones (excluding diaryl/α,β-unsaturated/α-hetero) is 2. The van der Waals surface area contributed by atoms with Gasteiger partial charge in [-0.1, -0.05) is 28.2 Å². The Morgan fingerprint density at radius 2 is 0.726 bits per heavy atom. The van der Waals surface area contributed by atoms with E-state index in [1.165, 1.54) is 35.0 Å². The van der Waals surface area contributed by atoms with Crippen LogP contribution in [0, 0.1) is 0 Å². The summed E-state index contributed by atoms with van der Waals surface area (Å²) in [7, 11) is 23.6. The van der Waals surface area contributed by atoms with Crippen molar-refractivity contribution < 1.29 is 205 Å². The van der Waals surface area contributed by atoms with Gasteiger partial charge in [0.15, 0.2) is 0 Å². The van der Waals surface area contributed by atoms with Gasteiger partial charge in [0, 0.05) is 138 Å². The quantitative estimate of drug-likeness (QED) is 0.0145. The van der Waals surface area contributed by atoms with Crippen LogP contribution in [0.3, 0.4) is 0 Å². The van der Waals surface area contributed by atoms with Crippen molar-refractivity contribution in [1.82, 2.24) is 36.0 Å². The number of carbonyl (C=O) groups is 12. The number of carbonyl (C=O) groups excluding carboxylic acids is 12. The number of ether oxygens (including phenoxy) is 7.